The molecule has 1 N–H and O–H groups in total. The molecule has 198 valence electrons. The minimum absolute atomic E-state index is 0.0465. The van der Waals surface area contributed by atoms with Gasteiger partial charge in [-0.2, -0.15) is 0 Å². The average Bonchev–Trinajstić information content (AvgIpc) is 3.18. The first kappa shape index (κ1) is 26.9. The van der Waals surface area contributed by atoms with Gasteiger partial charge < -0.3 is 19.5 Å². The van der Waals surface area contributed by atoms with E-state index in [0.29, 0.717) is 54.7 Å². The van der Waals surface area contributed by atoms with Gasteiger partial charge in [-0.05, 0) is 61.1 Å². The van der Waals surface area contributed by atoms with Gasteiger partial charge in [-0.25, -0.2) is 0 Å². The SMILES string of the molecule is CCOc1cc(C2/C(=C(\O)c3ccncc3)C(=O)C(=O)N2CCc2ccccc2)ccc1OCCC(C)C. The average molecular weight is 515 g/mol. The van der Waals surface area contributed by atoms with Crippen molar-refractivity contribution in [2.45, 2.75) is 39.7 Å². The van der Waals surface area contributed by atoms with E-state index in [1.807, 2.05) is 49.4 Å². The number of amides is 1. The van der Waals surface area contributed by atoms with Crippen LogP contribution in [0.4, 0.5) is 0 Å². The fourth-order valence-corrected chi connectivity index (χ4v) is 4.50. The Kier molecular flexibility index (Phi) is 8.79. The molecule has 0 bridgehead atoms. The molecule has 7 heteroatoms. The largest absolute Gasteiger partial charge is 0.507 e. The van der Waals surface area contributed by atoms with E-state index in [4.69, 9.17) is 9.47 Å². The van der Waals surface area contributed by atoms with Crippen molar-refractivity contribution in [3.05, 3.63) is 95.3 Å². The van der Waals surface area contributed by atoms with Crippen molar-refractivity contribution in [2.75, 3.05) is 19.8 Å². The maximum absolute atomic E-state index is 13.3. The van der Waals surface area contributed by atoms with Gasteiger partial charge in [0, 0.05) is 24.5 Å². The fraction of sp³-hybridized carbons (Fsp3) is 0.323. The molecular weight excluding hydrogens is 480 g/mol. The maximum Gasteiger partial charge on any atom is 0.295 e. The molecule has 1 aromatic heterocycles. The van der Waals surface area contributed by atoms with Gasteiger partial charge in [-0.15, -0.1) is 0 Å². The maximum atomic E-state index is 13.3. The summed E-state index contributed by atoms with van der Waals surface area (Å²) in [7, 11) is 0. The molecule has 1 amide bonds. The van der Waals surface area contributed by atoms with Crippen molar-refractivity contribution >= 4 is 17.4 Å². The Hall–Kier alpha value is -4.13. The molecule has 1 aliphatic heterocycles. The van der Waals surface area contributed by atoms with Gasteiger partial charge in [0.25, 0.3) is 11.7 Å². The van der Waals surface area contributed by atoms with Crippen molar-refractivity contribution in [1.82, 2.24) is 9.88 Å². The van der Waals surface area contributed by atoms with Gasteiger partial charge in [0.15, 0.2) is 11.5 Å². The molecule has 38 heavy (non-hydrogen) atoms. The molecule has 1 fully saturated rings. The zero-order valence-electron chi connectivity index (χ0n) is 22.1. The van der Waals surface area contributed by atoms with Crippen LogP contribution in [0.1, 0.15) is 49.9 Å². The zero-order valence-corrected chi connectivity index (χ0v) is 22.1. The van der Waals surface area contributed by atoms with Crippen LogP contribution >= 0.6 is 0 Å². The van der Waals surface area contributed by atoms with E-state index in [1.54, 1.807) is 18.2 Å². The molecule has 2 heterocycles. The summed E-state index contributed by atoms with van der Waals surface area (Å²) in [5, 5.41) is 11.2. The molecule has 1 aliphatic rings. The normalized spacial score (nSPS) is 16.7. The molecule has 0 radical (unpaired) electrons. The predicted octanol–water partition coefficient (Wildman–Crippen LogP) is 5.57. The number of ether oxygens (including phenoxy) is 2. The van der Waals surface area contributed by atoms with Crippen LogP contribution in [-0.2, 0) is 16.0 Å². The molecule has 0 spiro atoms. The molecule has 1 saturated heterocycles. The number of rotatable bonds is 11. The number of aliphatic hydroxyl groups excluding tert-OH is 1. The van der Waals surface area contributed by atoms with Gasteiger partial charge in [0.05, 0.1) is 24.8 Å². The summed E-state index contributed by atoms with van der Waals surface area (Å²) in [4.78, 5) is 32.2. The van der Waals surface area contributed by atoms with Crippen LogP contribution in [0, 0.1) is 5.92 Å². The Morgan fingerprint density at radius 3 is 2.42 bits per heavy atom. The van der Waals surface area contributed by atoms with E-state index >= 15 is 0 Å². The minimum atomic E-state index is -0.782. The third kappa shape index (κ3) is 6.05. The standard InChI is InChI=1S/C31H34N2O5/c1-4-37-26-20-24(10-11-25(26)38-19-15-21(2)3)28-27(29(34)23-12-16-32-17-13-23)30(35)31(36)33(28)18-14-22-8-6-5-7-9-22/h5-13,16-17,20-21,28,34H,4,14-15,18-19H2,1-3H3/b29-27+. The summed E-state index contributed by atoms with van der Waals surface area (Å²) in [5.74, 6) is 0.0535. The number of ketones is 1. The Balaban J connectivity index is 1.76. The third-order valence-electron chi connectivity index (χ3n) is 6.51. The number of aromatic nitrogens is 1. The van der Waals surface area contributed by atoms with Crippen LogP contribution in [0.5, 0.6) is 11.5 Å². The number of likely N-dealkylation sites (tertiary alicyclic amines) is 1. The van der Waals surface area contributed by atoms with Crippen LogP contribution in [0.15, 0.2) is 78.6 Å². The van der Waals surface area contributed by atoms with Crippen LogP contribution in [-0.4, -0.2) is 46.4 Å². The summed E-state index contributed by atoms with van der Waals surface area (Å²) in [5.41, 5.74) is 2.17. The second-order valence-corrected chi connectivity index (χ2v) is 9.63. The minimum Gasteiger partial charge on any atom is -0.507 e. The highest BCUT2D eigenvalue weighted by Crippen LogP contribution is 2.42. The second kappa shape index (κ2) is 12.4. The van der Waals surface area contributed by atoms with E-state index in [0.717, 1.165) is 12.0 Å². The molecule has 3 aromatic rings. The quantitative estimate of drug-likeness (QED) is 0.204. The fourth-order valence-electron chi connectivity index (χ4n) is 4.50. The van der Waals surface area contributed by atoms with Crippen molar-refractivity contribution < 1.29 is 24.2 Å². The van der Waals surface area contributed by atoms with Crippen molar-refractivity contribution in [1.29, 1.82) is 0 Å². The Bertz CT molecular complexity index is 1290. The van der Waals surface area contributed by atoms with E-state index in [9.17, 15) is 14.7 Å². The van der Waals surface area contributed by atoms with E-state index < -0.39 is 17.7 Å². The molecule has 0 aliphatic carbocycles. The summed E-state index contributed by atoms with van der Waals surface area (Å²) in [6.45, 7) is 7.45. The molecule has 1 atom stereocenters. The molecule has 2 aromatic carbocycles. The number of benzene rings is 2. The Morgan fingerprint density at radius 2 is 1.74 bits per heavy atom. The Labute approximate surface area is 223 Å². The molecule has 1 unspecified atom stereocenters. The number of carbonyl (C=O) groups excluding carboxylic acids is 2. The molecule has 0 saturated carbocycles. The monoisotopic (exact) mass is 514 g/mol. The summed E-state index contributed by atoms with van der Waals surface area (Å²) < 4.78 is 11.9. The van der Waals surface area contributed by atoms with Gasteiger partial charge in [-0.1, -0.05) is 50.2 Å². The number of hydrogen-bond acceptors (Lipinski definition) is 6. The highest BCUT2D eigenvalue weighted by atomic mass is 16.5. The summed E-state index contributed by atoms with van der Waals surface area (Å²) in [6.07, 6.45) is 4.53. The lowest BCUT2D eigenvalue weighted by atomic mass is 9.95. The highest BCUT2D eigenvalue weighted by molar-refractivity contribution is 6.46. The lowest BCUT2D eigenvalue weighted by Gasteiger charge is -2.26. The molecular formula is C31H34N2O5. The lowest BCUT2D eigenvalue weighted by molar-refractivity contribution is -0.139. The van der Waals surface area contributed by atoms with Gasteiger partial charge in [0.2, 0.25) is 0 Å². The van der Waals surface area contributed by atoms with Gasteiger partial charge >= 0.3 is 0 Å². The van der Waals surface area contributed by atoms with Crippen molar-refractivity contribution in [3.8, 4) is 11.5 Å². The van der Waals surface area contributed by atoms with Gasteiger partial charge in [-0.3, -0.25) is 14.6 Å². The molecule has 4 rings (SSSR count). The number of aliphatic hydroxyl groups is 1. The van der Waals surface area contributed by atoms with Crippen LogP contribution in [0.25, 0.3) is 5.76 Å². The smallest absolute Gasteiger partial charge is 0.295 e. The first-order valence-electron chi connectivity index (χ1n) is 13.0. The first-order chi connectivity index (χ1) is 18.4. The number of hydrogen-bond donors (Lipinski definition) is 1. The third-order valence-corrected chi connectivity index (χ3v) is 6.51. The first-order valence-corrected chi connectivity index (χ1v) is 13.0. The van der Waals surface area contributed by atoms with Crippen LogP contribution < -0.4 is 9.47 Å². The Morgan fingerprint density at radius 1 is 1.00 bits per heavy atom. The topological polar surface area (TPSA) is 89.0 Å². The van der Waals surface area contributed by atoms with Crippen molar-refractivity contribution in [3.63, 3.8) is 0 Å². The number of pyridine rings is 1. The number of Topliss-reactive ketones (excluding diaryl/α,β-unsaturated/α-hetero) is 1. The second-order valence-electron chi connectivity index (χ2n) is 9.63. The van der Waals surface area contributed by atoms with E-state index in [1.165, 1.54) is 17.3 Å². The predicted molar refractivity (Wildman–Crippen MR) is 146 cm³/mol. The van der Waals surface area contributed by atoms with E-state index in [2.05, 4.69) is 18.8 Å². The molecule has 7 nitrogen and oxygen atoms in total. The van der Waals surface area contributed by atoms with Gasteiger partial charge in [0.1, 0.15) is 5.76 Å². The highest BCUT2D eigenvalue weighted by Gasteiger charge is 2.46. The lowest BCUT2D eigenvalue weighted by Crippen LogP contribution is -2.31. The zero-order chi connectivity index (χ0) is 27.1. The van der Waals surface area contributed by atoms with Crippen molar-refractivity contribution in [2.24, 2.45) is 5.92 Å². The van der Waals surface area contributed by atoms with E-state index in [-0.39, 0.29) is 11.3 Å². The van der Waals surface area contributed by atoms with Crippen LogP contribution in [0.2, 0.25) is 0 Å². The summed E-state index contributed by atoms with van der Waals surface area (Å²) in [6, 6.07) is 17.7. The number of carbonyl (C=O) groups is 2. The summed E-state index contributed by atoms with van der Waals surface area (Å²) >= 11 is 0. The number of nitrogens with zero attached hydrogens (tertiary/aromatic N) is 2. The van der Waals surface area contributed by atoms with Crippen LogP contribution in [0.3, 0.4) is 0 Å².